The summed E-state index contributed by atoms with van der Waals surface area (Å²) in [6.07, 6.45) is 4.36. The Kier molecular flexibility index (Phi) is 3.93. The van der Waals surface area contributed by atoms with Crippen molar-refractivity contribution in [3.8, 4) is 0 Å². The minimum absolute atomic E-state index is 0.319. The minimum Gasteiger partial charge on any atom is -0.312 e. The van der Waals surface area contributed by atoms with Gasteiger partial charge in [0.1, 0.15) is 0 Å². The molecule has 2 rings (SSSR count). The van der Waals surface area contributed by atoms with E-state index in [1.807, 2.05) is 13.1 Å². The van der Waals surface area contributed by atoms with Crippen molar-refractivity contribution in [2.75, 3.05) is 7.05 Å². The van der Waals surface area contributed by atoms with Gasteiger partial charge in [0.2, 0.25) is 0 Å². The normalized spacial score (nSPS) is 12.6. The van der Waals surface area contributed by atoms with Crippen LogP contribution in [0.3, 0.4) is 0 Å². The Morgan fingerprint density at radius 2 is 2.38 bits per heavy atom. The van der Waals surface area contributed by atoms with Crippen molar-refractivity contribution >= 4 is 22.9 Å². The average molecular weight is 253 g/mol. The number of hydrogen-bond donors (Lipinski definition) is 1. The lowest BCUT2D eigenvalue weighted by Crippen LogP contribution is -2.17. The molecular weight excluding hydrogens is 240 g/mol. The molecule has 0 bridgehead atoms. The maximum atomic E-state index is 6.10. The van der Waals surface area contributed by atoms with Gasteiger partial charge < -0.3 is 5.32 Å². The molecule has 2 aromatic rings. The van der Waals surface area contributed by atoms with Gasteiger partial charge >= 0.3 is 0 Å². The van der Waals surface area contributed by atoms with Crippen LogP contribution in [0.2, 0.25) is 5.02 Å². The number of rotatable bonds is 4. The monoisotopic (exact) mass is 252 g/mol. The van der Waals surface area contributed by atoms with Gasteiger partial charge in [0.15, 0.2) is 0 Å². The molecule has 0 saturated heterocycles. The maximum absolute atomic E-state index is 6.10. The third kappa shape index (κ3) is 2.61. The highest BCUT2D eigenvalue weighted by molar-refractivity contribution is 7.10. The standard InChI is InChI=1S/C12H13ClN2S/c1-14-11(12-3-2-6-16-12)7-9-4-5-15-8-10(9)13/h2-6,8,11,14H,7H2,1H3. The summed E-state index contributed by atoms with van der Waals surface area (Å²) in [4.78, 5) is 5.32. The molecule has 0 saturated carbocycles. The quantitative estimate of drug-likeness (QED) is 0.903. The van der Waals surface area contributed by atoms with Gasteiger partial charge in [0.05, 0.1) is 5.02 Å². The first-order valence-corrected chi connectivity index (χ1v) is 6.36. The number of nitrogens with zero attached hydrogens (tertiary/aromatic N) is 1. The van der Waals surface area contributed by atoms with Crippen LogP contribution in [0.25, 0.3) is 0 Å². The maximum Gasteiger partial charge on any atom is 0.0622 e. The predicted octanol–water partition coefficient (Wildman–Crippen LogP) is 3.30. The largest absolute Gasteiger partial charge is 0.312 e. The fourth-order valence-electron chi connectivity index (χ4n) is 1.62. The van der Waals surface area contributed by atoms with Crippen LogP contribution in [0.5, 0.6) is 0 Å². The number of nitrogens with one attached hydrogen (secondary N) is 1. The number of likely N-dealkylation sites (N-methyl/N-ethyl adjacent to an activating group) is 1. The number of thiophene rings is 1. The SMILES string of the molecule is CNC(Cc1ccncc1Cl)c1cccs1. The van der Waals surface area contributed by atoms with E-state index in [2.05, 4.69) is 27.8 Å². The summed E-state index contributed by atoms with van der Waals surface area (Å²) >= 11 is 7.86. The van der Waals surface area contributed by atoms with Crippen LogP contribution >= 0.6 is 22.9 Å². The molecule has 16 heavy (non-hydrogen) atoms. The third-order valence-electron chi connectivity index (χ3n) is 2.52. The van der Waals surface area contributed by atoms with Gasteiger partial charge in [-0.1, -0.05) is 17.7 Å². The van der Waals surface area contributed by atoms with Crippen molar-refractivity contribution in [3.63, 3.8) is 0 Å². The third-order valence-corrected chi connectivity index (χ3v) is 3.84. The molecule has 0 amide bonds. The summed E-state index contributed by atoms with van der Waals surface area (Å²) in [7, 11) is 1.97. The summed E-state index contributed by atoms with van der Waals surface area (Å²) in [6, 6.07) is 6.50. The molecule has 1 unspecified atom stereocenters. The smallest absolute Gasteiger partial charge is 0.0622 e. The second-order valence-electron chi connectivity index (χ2n) is 3.53. The Hall–Kier alpha value is -0.900. The van der Waals surface area contributed by atoms with Crippen LogP contribution in [0.4, 0.5) is 0 Å². The van der Waals surface area contributed by atoms with Crippen molar-refractivity contribution in [3.05, 3.63) is 51.4 Å². The molecule has 0 aromatic carbocycles. The van der Waals surface area contributed by atoms with Gasteiger partial charge in [-0.2, -0.15) is 0 Å². The van der Waals surface area contributed by atoms with E-state index in [0.717, 1.165) is 17.0 Å². The Morgan fingerprint density at radius 3 is 3.00 bits per heavy atom. The summed E-state index contributed by atoms with van der Waals surface area (Å²) < 4.78 is 0. The zero-order valence-corrected chi connectivity index (χ0v) is 10.6. The molecule has 84 valence electrons. The highest BCUT2D eigenvalue weighted by Gasteiger charge is 2.12. The van der Waals surface area contributed by atoms with Crippen molar-refractivity contribution in [1.29, 1.82) is 0 Å². The second kappa shape index (κ2) is 5.43. The molecule has 2 nitrogen and oxygen atoms in total. The fraction of sp³-hybridized carbons (Fsp3) is 0.250. The first-order chi connectivity index (χ1) is 7.81. The molecule has 0 aliphatic rings. The second-order valence-corrected chi connectivity index (χ2v) is 4.91. The lowest BCUT2D eigenvalue weighted by molar-refractivity contribution is 0.602. The van der Waals surface area contributed by atoms with E-state index in [9.17, 15) is 0 Å². The van der Waals surface area contributed by atoms with Crippen LogP contribution in [0.15, 0.2) is 36.0 Å². The minimum atomic E-state index is 0.319. The molecule has 0 radical (unpaired) electrons. The predicted molar refractivity (Wildman–Crippen MR) is 69.1 cm³/mol. The van der Waals surface area contributed by atoms with Crippen molar-refractivity contribution in [2.45, 2.75) is 12.5 Å². The first kappa shape index (κ1) is 11.6. The van der Waals surface area contributed by atoms with E-state index in [-0.39, 0.29) is 0 Å². The number of aromatic nitrogens is 1. The molecule has 0 spiro atoms. The molecule has 2 heterocycles. The molecule has 0 fully saturated rings. The van der Waals surface area contributed by atoms with Gasteiger partial charge in [-0.25, -0.2) is 0 Å². The van der Waals surface area contributed by atoms with Crippen LogP contribution < -0.4 is 5.32 Å². The summed E-state index contributed by atoms with van der Waals surface area (Å²) in [5.41, 5.74) is 1.13. The van der Waals surface area contributed by atoms with Gasteiger partial charge in [0.25, 0.3) is 0 Å². The zero-order valence-electron chi connectivity index (χ0n) is 8.98. The van der Waals surface area contributed by atoms with Gasteiger partial charge in [-0.15, -0.1) is 11.3 Å². The molecular formula is C12H13ClN2S. The Morgan fingerprint density at radius 1 is 1.50 bits per heavy atom. The van der Waals surface area contributed by atoms with Gasteiger partial charge in [-0.3, -0.25) is 4.98 Å². The van der Waals surface area contributed by atoms with Crippen molar-refractivity contribution in [1.82, 2.24) is 10.3 Å². The molecule has 1 atom stereocenters. The van der Waals surface area contributed by atoms with Crippen molar-refractivity contribution in [2.24, 2.45) is 0 Å². The van der Waals surface area contributed by atoms with Crippen molar-refractivity contribution < 1.29 is 0 Å². The van der Waals surface area contributed by atoms with Crippen LogP contribution in [0.1, 0.15) is 16.5 Å². The molecule has 0 aliphatic heterocycles. The summed E-state index contributed by atoms with van der Waals surface area (Å²) in [5.74, 6) is 0. The van der Waals surface area contributed by atoms with E-state index >= 15 is 0 Å². The number of pyridine rings is 1. The Balaban J connectivity index is 2.17. The van der Waals surface area contributed by atoms with E-state index in [0.29, 0.717) is 6.04 Å². The van der Waals surface area contributed by atoms with E-state index in [1.54, 1.807) is 23.7 Å². The number of halogens is 1. The summed E-state index contributed by atoms with van der Waals surface area (Å²) in [5, 5.41) is 6.14. The van der Waals surface area contributed by atoms with Crippen LogP contribution in [-0.4, -0.2) is 12.0 Å². The summed E-state index contributed by atoms with van der Waals surface area (Å²) in [6.45, 7) is 0. The molecule has 0 aliphatic carbocycles. The lowest BCUT2D eigenvalue weighted by atomic mass is 10.1. The van der Waals surface area contributed by atoms with Crippen LogP contribution in [0, 0.1) is 0 Å². The van der Waals surface area contributed by atoms with Crippen LogP contribution in [-0.2, 0) is 6.42 Å². The Bertz CT molecular complexity index is 442. The Labute approximate surface area is 104 Å². The topological polar surface area (TPSA) is 24.9 Å². The molecule has 4 heteroatoms. The fourth-order valence-corrected chi connectivity index (χ4v) is 2.66. The van der Waals surface area contributed by atoms with E-state index < -0.39 is 0 Å². The van der Waals surface area contributed by atoms with E-state index in [4.69, 9.17) is 11.6 Å². The average Bonchev–Trinajstić information content (AvgIpc) is 2.81. The highest BCUT2D eigenvalue weighted by atomic mass is 35.5. The number of hydrogen-bond acceptors (Lipinski definition) is 3. The lowest BCUT2D eigenvalue weighted by Gasteiger charge is -2.15. The zero-order chi connectivity index (χ0) is 11.4. The van der Waals surface area contributed by atoms with E-state index in [1.165, 1.54) is 4.88 Å². The molecule has 2 aromatic heterocycles. The van der Waals surface area contributed by atoms with Gasteiger partial charge in [0, 0.05) is 23.3 Å². The first-order valence-electron chi connectivity index (χ1n) is 5.10. The molecule has 1 N–H and O–H groups in total. The highest BCUT2D eigenvalue weighted by Crippen LogP contribution is 2.25. The van der Waals surface area contributed by atoms with Gasteiger partial charge in [-0.05, 0) is 36.5 Å².